The molecule has 0 aliphatic carbocycles. The fourth-order valence-corrected chi connectivity index (χ4v) is 1.88. The van der Waals surface area contributed by atoms with Gasteiger partial charge in [0.2, 0.25) is 0 Å². The van der Waals surface area contributed by atoms with Crippen LogP contribution < -0.4 is 4.74 Å². The van der Waals surface area contributed by atoms with Crippen LogP contribution in [0.2, 0.25) is 0 Å². The van der Waals surface area contributed by atoms with E-state index in [1.807, 2.05) is 48.5 Å². The van der Waals surface area contributed by atoms with Crippen LogP contribution in [0.25, 0.3) is 0 Å². The number of rotatable bonds is 2. The van der Waals surface area contributed by atoms with Gasteiger partial charge in [0.15, 0.2) is 0 Å². The van der Waals surface area contributed by atoms with E-state index in [2.05, 4.69) is 19.9 Å². The number of aryl methyl sites for hydroxylation is 1. The van der Waals surface area contributed by atoms with Gasteiger partial charge in [0.25, 0.3) is 0 Å². The molecule has 22 heavy (non-hydrogen) atoms. The normalized spacial score (nSPS) is 9.55. The molecule has 0 aromatic heterocycles. The summed E-state index contributed by atoms with van der Waals surface area (Å²) in [5.41, 5.74) is 2.45. The van der Waals surface area contributed by atoms with Gasteiger partial charge in [-0.15, -0.1) is 0 Å². The molecule has 0 bridgehead atoms. The topological polar surface area (TPSA) is 29.5 Å². The van der Waals surface area contributed by atoms with Crippen molar-refractivity contribution in [3.05, 3.63) is 90.0 Å². The molecule has 3 aromatic rings. The van der Waals surface area contributed by atoms with Gasteiger partial charge >= 0.3 is 0 Å². The summed E-state index contributed by atoms with van der Waals surface area (Å²) in [7, 11) is 0. The SMILES string of the molecule is Cc1cccc(Oc2ccccc2)c1C.Oc1ccccc1. The number of aromatic hydroxyl groups is 1. The Morgan fingerprint density at radius 1 is 0.682 bits per heavy atom. The van der Waals surface area contributed by atoms with Crippen LogP contribution >= 0.6 is 0 Å². The lowest BCUT2D eigenvalue weighted by atomic mass is 10.1. The molecule has 0 spiro atoms. The summed E-state index contributed by atoms with van der Waals surface area (Å²) in [5, 5.41) is 8.63. The standard InChI is InChI=1S/C14H14O.C6H6O/c1-11-7-6-10-14(12(11)2)15-13-8-4-3-5-9-13;7-6-4-2-1-3-5-6/h3-10H,1-2H3;1-5,7H. The highest BCUT2D eigenvalue weighted by Crippen LogP contribution is 2.26. The third-order valence-corrected chi connectivity index (χ3v) is 3.28. The zero-order chi connectivity index (χ0) is 15.8. The van der Waals surface area contributed by atoms with Gasteiger partial charge in [0.1, 0.15) is 17.2 Å². The molecule has 0 unspecified atom stereocenters. The van der Waals surface area contributed by atoms with Crippen LogP contribution in [0.3, 0.4) is 0 Å². The van der Waals surface area contributed by atoms with Crippen LogP contribution in [0.1, 0.15) is 11.1 Å². The third kappa shape index (κ3) is 4.67. The number of para-hydroxylation sites is 2. The van der Waals surface area contributed by atoms with Crippen LogP contribution in [-0.2, 0) is 0 Å². The van der Waals surface area contributed by atoms with Crippen molar-refractivity contribution in [2.24, 2.45) is 0 Å². The van der Waals surface area contributed by atoms with E-state index in [-0.39, 0.29) is 0 Å². The second kappa shape index (κ2) is 7.89. The first kappa shape index (κ1) is 15.6. The van der Waals surface area contributed by atoms with Crippen molar-refractivity contribution in [3.8, 4) is 17.2 Å². The number of phenolic OH excluding ortho intramolecular Hbond substituents is 1. The molecule has 3 rings (SSSR count). The average molecular weight is 292 g/mol. The quantitative estimate of drug-likeness (QED) is 0.677. The van der Waals surface area contributed by atoms with E-state index in [1.54, 1.807) is 24.3 Å². The summed E-state index contributed by atoms with van der Waals surface area (Å²) in [4.78, 5) is 0. The molecule has 2 nitrogen and oxygen atoms in total. The molecule has 3 aromatic carbocycles. The van der Waals surface area contributed by atoms with Crippen molar-refractivity contribution in [2.45, 2.75) is 13.8 Å². The molecule has 0 radical (unpaired) electrons. The Labute approximate surface area is 131 Å². The highest BCUT2D eigenvalue weighted by molar-refractivity contribution is 5.41. The molecule has 0 fully saturated rings. The van der Waals surface area contributed by atoms with Crippen molar-refractivity contribution in [1.29, 1.82) is 0 Å². The summed E-state index contributed by atoms with van der Waals surface area (Å²) >= 11 is 0. The summed E-state index contributed by atoms with van der Waals surface area (Å²) < 4.78 is 5.79. The Kier molecular flexibility index (Phi) is 5.61. The van der Waals surface area contributed by atoms with Crippen LogP contribution in [0.4, 0.5) is 0 Å². The Morgan fingerprint density at radius 3 is 1.82 bits per heavy atom. The van der Waals surface area contributed by atoms with E-state index in [4.69, 9.17) is 9.84 Å². The summed E-state index contributed by atoms with van der Waals surface area (Å²) in [5.74, 6) is 2.13. The fraction of sp³-hybridized carbons (Fsp3) is 0.100. The maximum Gasteiger partial charge on any atom is 0.130 e. The molecule has 0 aliphatic heterocycles. The average Bonchev–Trinajstić information content (AvgIpc) is 2.54. The van der Waals surface area contributed by atoms with Crippen LogP contribution in [-0.4, -0.2) is 5.11 Å². The minimum absolute atomic E-state index is 0.322. The van der Waals surface area contributed by atoms with Crippen molar-refractivity contribution in [2.75, 3.05) is 0 Å². The largest absolute Gasteiger partial charge is 0.508 e. The summed E-state index contributed by atoms with van der Waals surface area (Å²) in [6.45, 7) is 4.17. The predicted molar refractivity (Wildman–Crippen MR) is 90.5 cm³/mol. The number of phenols is 1. The molecular weight excluding hydrogens is 272 g/mol. The van der Waals surface area contributed by atoms with Gasteiger partial charge in [-0.3, -0.25) is 0 Å². The Morgan fingerprint density at radius 2 is 1.27 bits per heavy atom. The van der Waals surface area contributed by atoms with Gasteiger partial charge in [-0.2, -0.15) is 0 Å². The minimum Gasteiger partial charge on any atom is -0.508 e. The maximum absolute atomic E-state index is 8.63. The molecule has 1 N–H and O–H groups in total. The minimum atomic E-state index is 0.322. The smallest absolute Gasteiger partial charge is 0.130 e. The van der Waals surface area contributed by atoms with Gasteiger partial charge < -0.3 is 9.84 Å². The number of hydrogen-bond donors (Lipinski definition) is 1. The van der Waals surface area contributed by atoms with Gasteiger partial charge in [-0.05, 0) is 55.3 Å². The lowest BCUT2D eigenvalue weighted by molar-refractivity contribution is 0.475. The van der Waals surface area contributed by atoms with Crippen LogP contribution in [0.5, 0.6) is 17.2 Å². The third-order valence-electron chi connectivity index (χ3n) is 3.28. The predicted octanol–water partition coefficient (Wildman–Crippen LogP) is 5.49. The van der Waals surface area contributed by atoms with Gasteiger partial charge in [0, 0.05) is 0 Å². The van der Waals surface area contributed by atoms with E-state index in [0.29, 0.717) is 5.75 Å². The Hall–Kier alpha value is -2.74. The fourth-order valence-electron chi connectivity index (χ4n) is 1.88. The molecule has 0 aliphatic rings. The van der Waals surface area contributed by atoms with Crippen LogP contribution in [0.15, 0.2) is 78.9 Å². The van der Waals surface area contributed by atoms with E-state index in [9.17, 15) is 0 Å². The van der Waals surface area contributed by atoms with E-state index in [1.165, 1.54) is 11.1 Å². The highest BCUT2D eigenvalue weighted by atomic mass is 16.5. The first-order chi connectivity index (χ1) is 10.7. The maximum atomic E-state index is 8.63. The van der Waals surface area contributed by atoms with Gasteiger partial charge in [-0.1, -0.05) is 48.5 Å². The van der Waals surface area contributed by atoms with E-state index < -0.39 is 0 Å². The molecule has 0 atom stereocenters. The zero-order valence-corrected chi connectivity index (χ0v) is 12.9. The number of ether oxygens (including phenoxy) is 1. The Bertz CT molecular complexity index is 691. The molecule has 0 amide bonds. The first-order valence-corrected chi connectivity index (χ1v) is 7.20. The lowest BCUT2D eigenvalue weighted by Crippen LogP contribution is -1.89. The molecule has 2 heteroatoms. The summed E-state index contributed by atoms with van der Waals surface area (Å²) in [6, 6.07) is 24.7. The monoisotopic (exact) mass is 292 g/mol. The van der Waals surface area contributed by atoms with Crippen molar-refractivity contribution < 1.29 is 9.84 Å². The second-order valence-corrected chi connectivity index (χ2v) is 4.95. The molecule has 0 saturated heterocycles. The van der Waals surface area contributed by atoms with Gasteiger partial charge in [-0.25, -0.2) is 0 Å². The van der Waals surface area contributed by atoms with Crippen molar-refractivity contribution in [1.82, 2.24) is 0 Å². The van der Waals surface area contributed by atoms with E-state index >= 15 is 0 Å². The Balaban J connectivity index is 0.000000211. The summed E-state index contributed by atoms with van der Waals surface area (Å²) in [6.07, 6.45) is 0. The number of benzene rings is 3. The van der Waals surface area contributed by atoms with E-state index in [0.717, 1.165) is 11.5 Å². The first-order valence-electron chi connectivity index (χ1n) is 7.20. The van der Waals surface area contributed by atoms with Crippen molar-refractivity contribution >= 4 is 0 Å². The second-order valence-electron chi connectivity index (χ2n) is 4.95. The van der Waals surface area contributed by atoms with Crippen LogP contribution in [0, 0.1) is 13.8 Å². The molecule has 0 heterocycles. The highest BCUT2D eigenvalue weighted by Gasteiger charge is 2.02. The molecular formula is C20H20O2. The lowest BCUT2D eigenvalue weighted by Gasteiger charge is -2.09. The van der Waals surface area contributed by atoms with Gasteiger partial charge in [0.05, 0.1) is 0 Å². The number of hydrogen-bond acceptors (Lipinski definition) is 2. The molecule has 0 saturated carbocycles. The van der Waals surface area contributed by atoms with Crippen molar-refractivity contribution in [3.63, 3.8) is 0 Å². The molecule has 112 valence electrons. The zero-order valence-electron chi connectivity index (χ0n) is 12.9.